The van der Waals surface area contributed by atoms with Crippen LogP contribution in [0.25, 0.3) is 11.5 Å². The van der Waals surface area contributed by atoms with E-state index >= 15 is 0 Å². The minimum atomic E-state index is -0.944. The van der Waals surface area contributed by atoms with Crippen molar-refractivity contribution in [1.29, 1.82) is 0 Å². The number of rotatable bonds is 6. The summed E-state index contributed by atoms with van der Waals surface area (Å²) in [5.74, 6) is 0.231. The molecule has 1 atom stereocenters. The van der Waals surface area contributed by atoms with E-state index in [-0.39, 0.29) is 18.4 Å². The second-order valence-electron chi connectivity index (χ2n) is 5.76. The van der Waals surface area contributed by atoms with Gasteiger partial charge in [-0.1, -0.05) is 30.7 Å². The van der Waals surface area contributed by atoms with Crippen LogP contribution in [0.1, 0.15) is 25.7 Å². The van der Waals surface area contributed by atoms with Crippen LogP contribution in [-0.4, -0.2) is 31.9 Å². The minimum Gasteiger partial charge on any atom is -0.419 e. The second kappa shape index (κ2) is 6.90. The smallest absolute Gasteiger partial charge is 0.249 e. The summed E-state index contributed by atoms with van der Waals surface area (Å²) in [7, 11) is 0. The summed E-state index contributed by atoms with van der Waals surface area (Å²) in [5, 5.41) is 8.57. The highest BCUT2D eigenvalue weighted by Crippen LogP contribution is 2.54. The molecule has 2 aromatic rings. The van der Waals surface area contributed by atoms with Gasteiger partial charge in [-0.05, 0) is 25.0 Å². The SMILES string of the molecule is CCCN(Cc1nnc(-c2ccccc2Cl)o1)C(=O)C1CC1(Cl)Cl. The third kappa shape index (κ3) is 3.68. The third-order valence-electron chi connectivity index (χ3n) is 3.83. The number of hydrogen-bond acceptors (Lipinski definition) is 4. The van der Waals surface area contributed by atoms with Crippen molar-refractivity contribution in [2.75, 3.05) is 6.54 Å². The highest BCUT2D eigenvalue weighted by atomic mass is 35.5. The Morgan fingerprint density at radius 2 is 2.08 bits per heavy atom. The van der Waals surface area contributed by atoms with Gasteiger partial charge in [0.05, 0.1) is 23.0 Å². The molecule has 0 saturated heterocycles. The maximum absolute atomic E-state index is 12.5. The summed E-state index contributed by atoms with van der Waals surface area (Å²) >= 11 is 18.1. The van der Waals surface area contributed by atoms with Gasteiger partial charge in [0.15, 0.2) is 0 Å². The van der Waals surface area contributed by atoms with E-state index in [0.717, 1.165) is 6.42 Å². The first-order valence-corrected chi connectivity index (χ1v) is 8.79. The lowest BCUT2D eigenvalue weighted by Gasteiger charge is -2.20. The summed E-state index contributed by atoms with van der Waals surface area (Å²) in [5.41, 5.74) is 0.661. The fraction of sp³-hybridized carbons (Fsp3) is 0.438. The summed E-state index contributed by atoms with van der Waals surface area (Å²) in [6, 6.07) is 7.21. The molecule has 0 spiro atoms. The maximum atomic E-state index is 12.5. The Hall–Kier alpha value is -1.30. The van der Waals surface area contributed by atoms with Crippen LogP contribution in [0.3, 0.4) is 0 Å². The Morgan fingerprint density at radius 3 is 2.71 bits per heavy atom. The molecule has 24 heavy (non-hydrogen) atoms. The van der Waals surface area contributed by atoms with Gasteiger partial charge in [0.25, 0.3) is 0 Å². The highest BCUT2D eigenvalue weighted by molar-refractivity contribution is 6.52. The number of alkyl halides is 2. The lowest BCUT2D eigenvalue weighted by atomic mass is 10.2. The number of nitrogens with zero attached hydrogens (tertiary/aromatic N) is 3. The van der Waals surface area contributed by atoms with E-state index in [9.17, 15) is 4.79 Å². The number of aromatic nitrogens is 2. The van der Waals surface area contributed by atoms with Crippen molar-refractivity contribution >= 4 is 40.7 Å². The Labute approximate surface area is 154 Å². The van der Waals surface area contributed by atoms with Crippen molar-refractivity contribution in [2.24, 2.45) is 5.92 Å². The van der Waals surface area contributed by atoms with Crippen LogP contribution in [0.4, 0.5) is 0 Å². The quantitative estimate of drug-likeness (QED) is 0.691. The van der Waals surface area contributed by atoms with Crippen LogP contribution in [-0.2, 0) is 11.3 Å². The molecule has 0 radical (unpaired) electrons. The molecule has 1 aliphatic rings. The summed E-state index contributed by atoms with van der Waals surface area (Å²) in [6.07, 6.45) is 1.28. The molecular weight excluding hydrogens is 373 g/mol. The standard InChI is InChI=1S/C16H16Cl3N3O2/c1-2-7-22(15(23)11-8-16(11,18)19)9-13-20-21-14(24-13)10-5-3-4-6-12(10)17/h3-6,11H,2,7-9H2,1H3. The summed E-state index contributed by atoms with van der Waals surface area (Å²) in [4.78, 5) is 14.1. The van der Waals surface area contributed by atoms with Gasteiger partial charge in [0.2, 0.25) is 17.7 Å². The molecule has 1 unspecified atom stereocenters. The number of hydrogen-bond donors (Lipinski definition) is 0. The molecule has 5 nitrogen and oxygen atoms in total. The molecule has 1 aliphatic carbocycles. The molecule has 0 N–H and O–H groups in total. The number of amides is 1. The van der Waals surface area contributed by atoms with Crippen molar-refractivity contribution in [3.8, 4) is 11.5 Å². The fourth-order valence-corrected chi connectivity index (χ4v) is 3.17. The van der Waals surface area contributed by atoms with Crippen LogP contribution in [0, 0.1) is 5.92 Å². The third-order valence-corrected chi connectivity index (χ3v) is 4.99. The van der Waals surface area contributed by atoms with Gasteiger partial charge < -0.3 is 9.32 Å². The zero-order chi connectivity index (χ0) is 17.3. The summed E-state index contributed by atoms with van der Waals surface area (Å²) < 4.78 is 4.72. The van der Waals surface area contributed by atoms with Crippen molar-refractivity contribution < 1.29 is 9.21 Å². The predicted molar refractivity (Wildman–Crippen MR) is 93.0 cm³/mol. The van der Waals surface area contributed by atoms with E-state index in [4.69, 9.17) is 39.2 Å². The lowest BCUT2D eigenvalue weighted by Crippen LogP contribution is -2.33. The topological polar surface area (TPSA) is 59.2 Å². The highest BCUT2D eigenvalue weighted by Gasteiger charge is 2.57. The Bertz CT molecular complexity index is 748. The van der Waals surface area contributed by atoms with E-state index in [2.05, 4.69) is 10.2 Å². The first-order valence-electron chi connectivity index (χ1n) is 7.66. The second-order valence-corrected chi connectivity index (χ2v) is 7.71. The molecule has 1 saturated carbocycles. The average molecular weight is 389 g/mol. The van der Waals surface area contributed by atoms with E-state index in [1.165, 1.54) is 0 Å². The van der Waals surface area contributed by atoms with E-state index in [1.54, 1.807) is 17.0 Å². The zero-order valence-corrected chi connectivity index (χ0v) is 15.3. The number of benzene rings is 1. The maximum Gasteiger partial charge on any atom is 0.249 e. The van der Waals surface area contributed by atoms with Gasteiger partial charge in [-0.2, -0.15) is 0 Å². The molecule has 1 aromatic heterocycles. The van der Waals surface area contributed by atoms with Crippen molar-refractivity contribution in [3.63, 3.8) is 0 Å². The molecule has 8 heteroatoms. The van der Waals surface area contributed by atoms with Gasteiger partial charge >= 0.3 is 0 Å². The van der Waals surface area contributed by atoms with E-state index < -0.39 is 4.33 Å². The van der Waals surface area contributed by atoms with E-state index in [0.29, 0.717) is 35.3 Å². The number of halogens is 3. The van der Waals surface area contributed by atoms with Gasteiger partial charge in [0, 0.05) is 6.54 Å². The first kappa shape index (κ1) is 17.5. The molecule has 1 fully saturated rings. The van der Waals surface area contributed by atoms with Crippen LogP contribution in [0.15, 0.2) is 28.7 Å². The molecule has 1 amide bonds. The van der Waals surface area contributed by atoms with Gasteiger partial charge in [0.1, 0.15) is 4.33 Å². The van der Waals surface area contributed by atoms with Crippen molar-refractivity contribution in [3.05, 3.63) is 35.2 Å². The van der Waals surface area contributed by atoms with Crippen LogP contribution in [0.2, 0.25) is 5.02 Å². The van der Waals surface area contributed by atoms with E-state index in [1.807, 2.05) is 19.1 Å². The van der Waals surface area contributed by atoms with Gasteiger partial charge in [-0.15, -0.1) is 33.4 Å². The monoisotopic (exact) mass is 387 g/mol. The largest absolute Gasteiger partial charge is 0.419 e. The molecule has 1 aromatic carbocycles. The van der Waals surface area contributed by atoms with Crippen LogP contribution >= 0.6 is 34.8 Å². The number of carbonyl (C=O) groups excluding carboxylic acids is 1. The van der Waals surface area contributed by atoms with Crippen molar-refractivity contribution in [2.45, 2.75) is 30.6 Å². The first-order chi connectivity index (χ1) is 11.4. The van der Waals surface area contributed by atoms with Gasteiger partial charge in [-0.3, -0.25) is 4.79 Å². The minimum absolute atomic E-state index is 0.0839. The predicted octanol–water partition coefficient (Wildman–Crippen LogP) is 4.32. The molecular formula is C16H16Cl3N3O2. The molecule has 3 rings (SSSR count). The lowest BCUT2D eigenvalue weighted by molar-refractivity contribution is -0.133. The molecule has 0 bridgehead atoms. The average Bonchev–Trinajstić information content (AvgIpc) is 2.95. The normalized spacial score (nSPS) is 18.4. The van der Waals surface area contributed by atoms with Crippen molar-refractivity contribution in [1.82, 2.24) is 15.1 Å². The molecule has 0 aliphatic heterocycles. The Balaban J connectivity index is 1.74. The molecule has 1 heterocycles. The van der Waals surface area contributed by atoms with Crippen LogP contribution in [0.5, 0.6) is 0 Å². The Morgan fingerprint density at radius 1 is 1.38 bits per heavy atom. The van der Waals surface area contributed by atoms with Crippen LogP contribution < -0.4 is 0 Å². The molecule has 128 valence electrons. The van der Waals surface area contributed by atoms with Gasteiger partial charge in [-0.25, -0.2) is 0 Å². The Kier molecular flexibility index (Phi) is 5.04. The number of carbonyl (C=O) groups is 1. The fourth-order valence-electron chi connectivity index (χ4n) is 2.46. The summed E-state index contributed by atoms with van der Waals surface area (Å²) in [6.45, 7) is 2.79. The zero-order valence-electron chi connectivity index (χ0n) is 13.0.